The highest BCUT2D eigenvalue weighted by molar-refractivity contribution is 9.10. The van der Waals surface area contributed by atoms with Crippen molar-refractivity contribution in [1.82, 2.24) is 0 Å². The molecule has 8 nitrogen and oxygen atoms in total. The maximum absolute atomic E-state index is 14.6. The lowest BCUT2D eigenvalue weighted by Crippen LogP contribution is -2.51. The van der Waals surface area contributed by atoms with Crippen LogP contribution in [0.4, 0.5) is 5.69 Å². The number of rotatable bonds is 3. The second-order valence-electron chi connectivity index (χ2n) is 10.3. The van der Waals surface area contributed by atoms with Crippen LogP contribution in [0.1, 0.15) is 64.6 Å². The minimum absolute atomic E-state index is 0.106. The molecular weight excluding hydrogens is 590 g/mol. The van der Waals surface area contributed by atoms with Crippen LogP contribution in [0.25, 0.3) is 0 Å². The van der Waals surface area contributed by atoms with Gasteiger partial charge in [0.1, 0.15) is 11.5 Å². The Kier molecular flexibility index (Phi) is 5.38. The van der Waals surface area contributed by atoms with Gasteiger partial charge in [0.05, 0.1) is 10.8 Å². The van der Waals surface area contributed by atoms with Gasteiger partial charge in [0.2, 0.25) is 17.2 Å². The van der Waals surface area contributed by atoms with Crippen molar-refractivity contribution in [2.24, 2.45) is 5.41 Å². The molecule has 9 heteroatoms. The summed E-state index contributed by atoms with van der Waals surface area (Å²) >= 11 is 3.40. The first-order chi connectivity index (χ1) is 19.7. The molecular formula is C32H18BrNO7. The maximum Gasteiger partial charge on any atom is 0.269 e. The summed E-state index contributed by atoms with van der Waals surface area (Å²) in [6.07, 6.45) is -1.35. The van der Waals surface area contributed by atoms with E-state index in [2.05, 4.69) is 15.9 Å². The number of hydrogen-bond donors (Lipinski definition) is 0. The van der Waals surface area contributed by atoms with Crippen molar-refractivity contribution in [2.75, 3.05) is 0 Å². The number of carbonyl (C=O) groups excluding carboxylic acids is 4. The van der Waals surface area contributed by atoms with Gasteiger partial charge in [-0.2, -0.15) is 0 Å². The van der Waals surface area contributed by atoms with E-state index >= 15 is 0 Å². The number of non-ortho nitro benzene ring substituents is 1. The highest BCUT2D eigenvalue weighted by Crippen LogP contribution is 2.68. The maximum atomic E-state index is 14.6. The molecule has 1 saturated heterocycles. The van der Waals surface area contributed by atoms with Crippen LogP contribution in [-0.2, 0) is 4.74 Å². The summed E-state index contributed by atoms with van der Waals surface area (Å²) in [5.74, 6) is -4.08. The Balaban J connectivity index is 1.60. The fourth-order valence-electron chi connectivity index (χ4n) is 6.78. The van der Waals surface area contributed by atoms with E-state index in [0.29, 0.717) is 5.56 Å². The fourth-order valence-corrected chi connectivity index (χ4v) is 7.05. The van der Waals surface area contributed by atoms with Gasteiger partial charge in [-0.3, -0.25) is 29.3 Å². The first-order valence-corrected chi connectivity index (χ1v) is 13.6. The molecule has 200 valence electrons. The second kappa shape index (κ2) is 8.70. The zero-order valence-corrected chi connectivity index (χ0v) is 22.7. The molecule has 41 heavy (non-hydrogen) atoms. The van der Waals surface area contributed by atoms with Gasteiger partial charge < -0.3 is 4.74 Å². The first kappa shape index (κ1) is 25.4. The number of fused-ring (bicyclic) bond motifs is 2. The lowest BCUT2D eigenvalue weighted by molar-refractivity contribution is -0.384. The third kappa shape index (κ3) is 3.13. The molecule has 0 saturated carbocycles. The molecule has 4 aromatic carbocycles. The normalized spacial score (nSPS) is 21.5. The van der Waals surface area contributed by atoms with Crippen LogP contribution >= 0.6 is 15.9 Å². The number of Topliss-reactive ketones (excluding diaryl/α,β-unsaturated/α-hetero) is 4. The fraction of sp³-hybridized carbons (Fsp3) is 0.125. The number of nitro groups is 1. The van der Waals surface area contributed by atoms with E-state index in [0.717, 1.165) is 4.47 Å². The predicted octanol–water partition coefficient (Wildman–Crippen LogP) is 6.10. The van der Waals surface area contributed by atoms with E-state index in [9.17, 15) is 29.3 Å². The van der Waals surface area contributed by atoms with E-state index in [4.69, 9.17) is 4.74 Å². The van der Waals surface area contributed by atoms with Crippen molar-refractivity contribution in [3.05, 3.63) is 145 Å². The smallest absolute Gasteiger partial charge is 0.269 e. The Bertz CT molecular complexity index is 1790. The Morgan fingerprint density at radius 1 is 0.659 bits per heavy atom. The van der Waals surface area contributed by atoms with Crippen LogP contribution in [0.15, 0.2) is 102 Å². The lowest BCUT2D eigenvalue weighted by atomic mass is 9.60. The molecule has 0 amide bonds. The molecule has 1 fully saturated rings. The summed E-state index contributed by atoms with van der Waals surface area (Å²) in [7, 11) is 0. The molecule has 0 radical (unpaired) electrons. The van der Waals surface area contributed by atoms with E-state index in [1.807, 2.05) is 0 Å². The Morgan fingerprint density at radius 3 is 1.68 bits per heavy atom. The van der Waals surface area contributed by atoms with Crippen molar-refractivity contribution in [1.29, 1.82) is 0 Å². The van der Waals surface area contributed by atoms with Crippen LogP contribution in [0.3, 0.4) is 0 Å². The second-order valence-corrected chi connectivity index (χ2v) is 11.3. The Morgan fingerprint density at radius 2 is 1.17 bits per heavy atom. The third-order valence-corrected chi connectivity index (χ3v) is 8.95. The average molecular weight is 608 g/mol. The van der Waals surface area contributed by atoms with E-state index in [1.165, 1.54) is 48.5 Å². The number of carbonyl (C=O) groups is 4. The van der Waals surface area contributed by atoms with Gasteiger partial charge in [-0.1, -0.05) is 88.7 Å². The van der Waals surface area contributed by atoms with Gasteiger partial charge in [-0.05, 0) is 23.3 Å². The van der Waals surface area contributed by atoms with Gasteiger partial charge in [-0.25, -0.2) is 0 Å². The molecule has 7 rings (SSSR count). The Labute approximate surface area is 241 Å². The minimum atomic E-state index is -2.32. The van der Waals surface area contributed by atoms with Crippen LogP contribution in [0.2, 0.25) is 0 Å². The summed E-state index contributed by atoms with van der Waals surface area (Å²) in [5.41, 5.74) is -3.70. The summed E-state index contributed by atoms with van der Waals surface area (Å²) < 4.78 is 7.32. The lowest BCUT2D eigenvalue weighted by Gasteiger charge is -2.34. The SMILES string of the molecule is O=C1c2ccccc2C(=O)C12O[C@H](c1ccc(Br)cc1)C1(C(=O)c3ccccc3C1=O)[C@@H]2c1cccc([N+](=O)[O-])c1. The summed E-state index contributed by atoms with van der Waals surface area (Å²) in [6.45, 7) is 0. The van der Waals surface area contributed by atoms with Crippen LogP contribution in [-0.4, -0.2) is 33.7 Å². The topological polar surface area (TPSA) is 121 Å². The molecule has 0 bridgehead atoms. The van der Waals surface area contributed by atoms with Crippen LogP contribution in [0.5, 0.6) is 0 Å². The molecule has 0 unspecified atom stereocenters. The number of halogens is 1. The largest absolute Gasteiger partial charge is 0.348 e. The zero-order chi connectivity index (χ0) is 28.7. The van der Waals surface area contributed by atoms with Gasteiger partial charge in [0.15, 0.2) is 11.6 Å². The van der Waals surface area contributed by atoms with Gasteiger partial charge in [0, 0.05) is 38.9 Å². The monoisotopic (exact) mass is 607 g/mol. The molecule has 0 aromatic heterocycles. The highest BCUT2D eigenvalue weighted by Gasteiger charge is 2.79. The van der Waals surface area contributed by atoms with E-state index in [-0.39, 0.29) is 33.5 Å². The van der Waals surface area contributed by atoms with Crippen molar-refractivity contribution >= 4 is 44.8 Å². The third-order valence-electron chi connectivity index (χ3n) is 8.43. The van der Waals surface area contributed by atoms with Crippen LogP contribution < -0.4 is 0 Å². The molecule has 1 heterocycles. The molecule has 0 N–H and O–H groups in total. The van der Waals surface area contributed by atoms with Gasteiger partial charge >= 0.3 is 0 Å². The molecule has 2 atom stereocenters. The molecule has 4 aromatic rings. The number of nitro benzene ring substituents is 1. The van der Waals surface area contributed by atoms with Gasteiger partial charge in [-0.15, -0.1) is 0 Å². The minimum Gasteiger partial charge on any atom is -0.348 e. The van der Waals surface area contributed by atoms with Crippen molar-refractivity contribution in [2.45, 2.75) is 17.6 Å². The zero-order valence-electron chi connectivity index (χ0n) is 21.1. The quantitative estimate of drug-likeness (QED) is 0.157. The molecule has 3 aliphatic rings. The predicted molar refractivity (Wildman–Crippen MR) is 149 cm³/mol. The summed E-state index contributed by atoms with van der Waals surface area (Å²) in [5, 5.41) is 11.8. The Hall–Kier alpha value is -4.60. The highest BCUT2D eigenvalue weighted by atomic mass is 79.9. The summed E-state index contributed by atoms with van der Waals surface area (Å²) in [4.78, 5) is 69.3. The van der Waals surface area contributed by atoms with Crippen molar-refractivity contribution < 1.29 is 28.8 Å². The van der Waals surface area contributed by atoms with E-state index < -0.39 is 51.1 Å². The van der Waals surface area contributed by atoms with Gasteiger partial charge in [0.25, 0.3) is 5.69 Å². The molecule has 2 aliphatic carbocycles. The number of nitrogens with zero attached hydrogens (tertiary/aromatic N) is 1. The molecule has 1 aliphatic heterocycles. The average Bonchev–Trinajstić information content (AvgIpc) is 3.51. The molecule has 2 spiro atoms. The van der Waals surface area contributed by atoms with Crippen LogP contribution in [0, 0.1) is 15.5 Å². The number of ether oxygens (including phenoxy) is 1. The number of benzene rings is 4. The standard InChI is InChI=1S/C32H18BrNO7/c33-19-14-12-17(13-15-19)30-31(26(35)21-8-1-2-9-22(21)27(31)36)25(18-6-5-7-20(16-18)34(39)40)32(41-30)28(37)23-10-3-4-11-24(23)29(32)38/h1-16,25,30H/t25-,30+/m0/s1. The van der Waals surface area contributed by atoms with Crippen molar-refractivity contribution in [3.8, 4) is 0 Å². The van der Waals surface area contributed by atoms with E-state index in [1.54, 1.807) is 48.5 Å². The number of ketones is 4. The number of hydrogen-bond acceptors (Lipinski definition) is 7. The summed E-state index contributed by atoms with van der Waals surface area (Å²) in [6, 6.07) is 24.7. The first-order valence-electron chi connectivity index (χ1n) is 12.8. The van der Waals surface area contributed by atoms with Crippen molar-refractivity contribution in [3.63, 3.8) is 0 Å².